The maximum Gasteiger partial charge on any atom is 0.235 e. The first-order chi connectivity index (χ1) is 10.6. The molecule has 0 amide bonds. The average Bonchev–Trinajstić information content (AvgIpc) is 2.56. The molecule has 0 unspecified atom stereocenters. The average molecular weight is 341 g/mol. The molecular formula is C12H14ClN6O2P. The van der Waals surface area contributed by atoms with Crippen molar-refractivity contribution in [2.24, 2.45) is 4.74 Å². The number of nitrogens with zero attached hydrogens (tertiary/aromatic N) is 6. The Bertz CT molecular complexity index is 623. The van der Waals surface area contributed by atoms with Crippen LogP contribution in [0.4, 0.5) is 0 Å². The number of halogens is 1. The minimum atomic E-state index is 0.124. The highest BCUT2D eigenvalue weighted by molar-refractivity contribution is 7.03. The van der Waals surface area contributed by atoms with Gasteiger partial charge in [-0.1, -0.05) is 0 Å². The van der Waals surface area contributed by atoms with Gasteiger partial charge in [0.2, 0.25) is 22.9 Å². The minimum Gasteiger partial charge on any atom is -0.481 e. The first kappa shape index (κ1) is 19.6. The van der Waals surface area contributed by atoms with E-state index in [1.165, 1.54) is 26.6 Å². The predicted octanol–water partition coefficient (Wildman–Crippen LogP) is 2.44. The van der Waals surface area contributed by atoms with E-state index in [2.05, 4.69) is 33.7 Å². The van der Waals surface area contributed by atoms with Crippen molar-refractivity contribution in [1.29, 1.82) is 5.26 Å². The van der Waals surface area contributed by atoms with Crippen molar-refractivity contribution in [3.05, 3.63) is 35.6 Å². The Hall–Kier alpha value is -2.36. The van der Waals surface area contributed by atoms with Gasteiger partial charge in [-0.2, -0.15) is 15.2 Å². The molecule has 2 aromatic rings. The second kappa shape index (κ2) is 12.4. The molecule has 2 aromatic heterocycles. The molecule has 0 radical (unpaired) electrons. The molecule has 0 atom stereocenters. The van der Waals surface area contributed by atoms with E-state index in [-0.39, 0.29) is 11.1 Å². The third-order valence-electron chi connectivity index (χ3n) is 1.75. The Kier molecular flexibility index (Phi) is 11.1. The van der Waals surface area contributed by atoms with Crippen molar-refractivity contribution in [2.75, 3.05) is 21.3 Å². The Morgan fingerprint density at radius 1 is 1.14 bits per heavy atom. The third-order valence-corrected chi connectivity index (χ3v) is 1.93. The van der Waals surface area contributed by atoms with Gasteiger partial charge in [-0.3, -0.25) is 4.74 Å². The quantitative estimate of drug-likeness (QED) is 0.610. The zero-order valence-electron chi connectivity index (χ0n) is 12.2. The van der Waals surface area contributed by atoms with Crippen LogP contribution in [-0.4, -0.2) is 41.2 Å². The predicted molar refractivity (Wildman–Crippen MR) is 83.6 cm³/mol. The summed E-state index contributed by atoms with van der Waals surface area (Å²) in [7, 11) is 7.49. The zero-order valence-corrected chi connectivity index (χ0v) is 13.9. The molecule has 0 saturated heterocycles. The zero-order chi connectivity index (χ0) is 16.8. The van der Waals surface area contributed by atoms with Gasteiger partial charge in [-0.25, -0.2) is 9.97 Å². The molecule has 8 nitrogen and oxygen atoms in total. The Balaban J connectivity index is 0.000000342. The van der Waals surface area contributed by atoms with Gasteiger partial charge in [0.1, 0.15) is 6.07 Å². The van der Waals surface area contributed by atoms with E-state index in [0.29, 0.717) is 11.8 Å². The van der Waals surface area contributed by atoms with E-state index >= 15 is 0 Å². The van der Waals surface area contributed by atoms with Gasteiger partial charge in [-0.15, -0.1) is 0 Å². The normalized spacial score (nSPS) is 8.14. The molecule has 0 aliphatic heterocycles. The topological polar surface area (TPSA) is 106 Å². The SMILES string of the molecule is CN=P.COc1ccnc(C#N)n1.COc1ccnc(Cl)n1. The Labute approximate surface area is 135 Å². The lowest BCUT2D eigenvalue weighted by molar-refractivity contribution is 0.396. The van der Waals surface area contributed by atoms with Crippen molar-refractivity contribution in [3.63, 3.8) is 0 Å². The maximum absolute atomic E-state index is 8.33. The highest BCUT2D eigenvalue weighted by atomic mass is 35.5. The van der Waals surface area contributed by atoms with E-state index in [1.807, 2.05) is 0 Å². The van der Waals surface area contributed by atoms with Crippen LogP contribution in [0.3, 0.4) is 0 Å². The first-order valence-electron chi connectivity index (χ1n) is 5.66. The minimum absolute atomic E-state index is 0.124. The molecule has 0 spiro atoms. The third kappa shape index (κ3) is 8.74. The molecule has 0 fully saturated rings. The maximum atomic E-state index is 8.33. The fraction of sp³-hybridized carbons (Fsp3) is 0.250. The lowest BCUT2D eigenvalue weighted by atomic mass is 10.6. The number of aromatic nitrogens is 4. The molecule has 22 heavy (non-hydrogen) atoms. The fourth-order valence-electron chi connectivity index (χ4n) is 0.943. The van der Waals surface area contributed by atoms with Crippen LogP contribution in [0.1, 0.15) is 5.82 Å². The van der Waals surface area contributed by atoms with Crippen molar-refractivity contribution >= 4 is 20.6 Å². The molecule has 0 saturated carbocycles. The van der Waals surface area contributed by atoms with Gasteiger partial charge in [0.05, 0.1) is 14.2 Å². The molecule has 2 rings (SSSR count). The number of nitriles is 1. The summed E-state index contributed by atoms with van der Waals surface area (Å²) in [5, 5.41) is 8.53. The van der Waals surface area contributed by atoms with Crippen LogP contribution in [0.2, 0.25) is 5.28 Å². The summed E-state index contributed by atoms with van der Waals surface area (Å²) in [5.74, 6) is 1.01. The number of hydrogen-bond donors (Lipinski definition) is 0. The van der Waals surface area contributed by atoms with Gasteiger partial charge in [0.25, 0.3) is 0 Å². The summed E-state index contributed by atoms with van der Waals surface area (Å²) in [6.07, 6.45) is 3.01. The molecule has 2 heterocycles. The first-order valence-corrected chi connectivity index (χ1v) is 6.49. The van der Waals surface area contributed by atoms with E-state index in [4.69, 9.17) is 26.3 Å². The Morgan fingerprint density at radius 2 is 1.64 bits per heavy atom. The summed E-state index contributed by atoms with van der Waals surface area (Å²) < 4.78 is 12.8. The molecular weight excluding hydrogens is 327 g/mol. The molecule has 0 aromatic carbocycles. The van der Waals surface area contributed by atoms with Crippen LogP contribution in [-0.2, 0) is 0 Å². The second-order valence-electron chi connectivity index (χ2n) is 3.13. The second-order valence-corrected chi connectivity index (χ2v) is 3.91. The fourth-order valence-corrected chi connectivity index (χ4v) is 1.08. The van der Waals surface area contributed by atoms with Gasteiger partial charge in [-0.05, 0) is 20.6 Å². The molecule has 0 aliphatic rings. The monoisotopic (exact) mass is 340 g/mol. The van der Waals surface area contributed by atoms with Crippen molar-refractivity contribution in [1.82, 2.24) is 19.9 Å². The molecule has 10 heteroatoms. The largest absolute Gasteiger partial charge is 0.481 e. The van der Waals surface area contributed by atoms with Crippen molar-refractivity contribution in [2.45, 2.75) is 0 Å². The van der Waals surface area contributed by atoms with Gasteiger partial charge < -0.3 is 9.47 Å². The van der Waals surface area contributed by atoms with Gasteiger partial charge >= 0.3 is 0 Å². The van der Waals surface area contributed by atoms with E-state index in [0.717, 1.165) is 0 Å². The lowest BCUT2D eigenvalue weighted by Gasteiger charge is -1.94. The van der Waals surface area contributed by atoms with Crippen LogP contribution in [0, 0.1) is 11.3 Å². The standard InChI is InChI=1S/C6H5N3O.C5H5ClN2O.CH4NP/c1-10-6-2-3-8-5(4-7)9-6;1-9-4-2-3-7-5(6)8-4;1-2-3/h2-3H,1H3;2-3H,1H3;3H,1H3. The highest BCUT2D eigenvalue weighted by Gasteiger charge is 1.94. The molecule has 116 valence electrons. The van der Waals surface area contributed by atoms with E-state index in [9.17, 15) is 0 Å². The number of hydrogen-bond acceptors (Lipinski definition) is 8. The van der Waals surface area contributed by atoms with Gasteiger partial charge in [0, 0.05) is 31.6 Å². The van der Waals surface area contributed by atoms with Gasteiger partial charge in [0.15, 0.2) is 0 Å². The lowest BCUT2D eigenvalue weighted by Crippen LogP contribution is -1.91. The van der Waals surface area contributed by atoms with Crippen LogP contribution in [0.5, 0.6) is 11.8 Å². The summed E-state index contributed by atoms with van der Waals surface area (Å²) in [4.78, 5) is 14.8. The van der Waals surface area contributed by atoms with Crippen LogP contribution >= 0.6 is 20.6 Å². The van der Waals surface area contributed by atoms with Crippen LogP contribution in [0.25, 0.3) is 0 Å². The number of methoxy groups -OCH3 is 2. The summed E-state index contributed by atoms with van der Waals surface area (Å²) in [5.41, 5.74) is 0. The van der Waals surface area contributed by atoms with E-state index in [1.54, 1.807) is 25.2 Å². The number of rotatable bonds is 2. The summed E-state index contributed by atoms with van der Waals surface area (Å²) in [6.45, 7) is 0. The van der Waals surface area contributed by atoms with Crippen molar-refractivity contribution < 1.29 is 9.47 Å². The van der Waals surface area contributed by atoms with Crippen LogP contribution in [0.15, 0.2) is 29.3 Å². The summed E-state index contributed by atoms with van der Waals surface area (Å²) in [6, 6.07) is 5.01. The van der Waals surface area contributed by atoms with Crippen LogP contribution < -0.4 is 9.47 Å². The highest BCUT2D eigenvalue weighted by Crippen LogP contribution is 2.06. The molecule has 0 bridgehead atoms. The smallest absolute Gasteiger partial charge is 0.235 e. The summed E-state index contributed by atoms with van der Waals surface area (Å²) >= 11 is 5.42. The molecule has 0 N–H and O–H groups in total. The number of ether oxygens (including phenoxy) is 2. The van der Waals surface area contributed by atoms with E-state index < -0.39 is 0 Å². The molecule has 0 aliphatic carbocycles. The van der Waals surface area contributed by atoms with Crippen molar-refractivity contribution in [3.8, 4) is 17.8 Å². The Morgan fingerprint density at radius 3 is 2.05 bits per heavy atom.